The SMILES string of the molecule is CN(C(=O)c1ccnc(F)c1F)c1cccc(F)c1. The van der Waals surface area contributed by atoms with Crippen molar-refractivity contribution < 1.29 is 18.0 Å². The zero-order valence-corrected chi connectivity index (χ0v) is 9.90. The predicted octanol–water partition coefficient (Wildman–Crippen LogP) is 2.78. The van der Waals surface area contributed by atoms with Crippen LogP contribution in [0.1, 0.15) is 10.4 Å². The number of nitrogens with zero attached hydrogens (tertiary/aromatic N) is 2. The number of hydrogen-bond donors (Lipinski definition) is 0. The minimum atomic E-state index is -1.35. The van der Waals surface area contributed by atoms with E-state index in [0.717, 1.165) is 23.2 Å². The molecule has 0 aliphatic heterocycles. The minimum Gasteiger partial charge on any atom is -0.311 e. The van der Waals surface area contributed by atoms with Crippen LogP contribution in [0.15, 0.2) is 36.5 Å². The molecule has 0 aliphatic carbocycles. The van der Waals surface area contributed by atoms with E-state index in [9.17, 15) is 18.0 Å². The molecule has 0 aliphatic rings. The van der Waals surface area contributed by atoms with E-state index in [1.807, 2.05) is 0 Å². The van der Waals surface area contributed by atoms with E-state index >= 15 is 0 Å². The van der Waals surface area contributed by atoms with E-state index in [2.05, 4.69) is 4.98 Å². The van der Waals surface area contributed by atoms with Gasteiger partial charge in [-0.15, -0.1) is 0 Å². The topological polar surface area (TPSA) is 33.2 Å². The second kappa shape index (κ2) is 5.09. The Morgan fingerprint density at radius 1 is 1.21 bits per heavy atom. The summed E-state index contributed by atoms with van der Waals surface area (Å²) in [5, 5.41) is 0. The van der Waals surface area contributed by atoms with Crippen molar-refractivity contribution in [1.82, 2.24) is 4.98 Å². The van der Waals surface area contributed by atoms with Crippen LogP contribution < -0.4 is 4.90 Å². The normalized spacial score (nSPS) is 10.3. The number of amides is 1. The fourth-order valence-corrected chi connectivity index (χ4v) is 1.57. The van der Waals surface area contributed by atoms with Crippen molar-refractivity contribution in [1.29, 1.82) is 0 Å². The van der Waals surface area contributed by atoms with Gasteiger partial charge in [-0.2, -0.15) is 4.39 Å². The Morgan fingerprint density at radius 3 is 2.63 bits per heavy atom. The number of anilines is 1. The smallest absolute Gasteiger partial charge is 0.261 e. The average molecular weight is 266 g/mol. The average Bonchev–Trinajstić information content (AvgIpc) is 2.40. The third-order valence-corrected chi connectivity index (χ3v) is 2.58. The molecule has 0 N–H and O–H groups in total. The third kappa shape index (κ3) is 2.57. The summed E-state index contributed by atoms with van der Waals surface area (Å²) >= 11 is 0. The maximum Gasteiger partial charge on any atom is 0.261 e. The monoisotopic (exact) mass is 266 g/mol. The lowest BCUT2D eigenvalue weighted by atomic mass is 10.2. The maximum absolute atomic E-state index is 13.4. The summed E-state index contributed by atoms with van der Waals surface area (Å²) < 4.78 is 39.5. The van der Waals surface area contributed by atoms with Crippen molar-refractivity contribution >= 4 is 11.6 Å². The summed E-state index contributed by atoms with van der Waals surface area (Å²) in [5.74, 6) is -3.99. The van der Waals surface area contributed by atoms with E-state index < -0.39 is 29.1 Å². The second-order valence-electron chi connectivity index (χ2n) is 3.81. The first-order valence-electron chi connectivity index (χ1n) is 5.34. The summed E-state index contributed by atoms with van der Waals surface area (Å²) in [6, 6.07) is 6.30. The van der Waals surface area contributed by atoms with E-state index in [1.54, 1.807) is 0 Å². The summed E-state index contributed by atoms with van der Waals surface area (Å²) in [7, 11) is 1.34. The number of carbonyl (C=O) groups excluding carboxylic acids is 1. The second-order valence-corrected chi connectivity index (χ2v) is 3.81. The molecule has 1 aromatic carbocycles. The lowest BCUT2D eigenvalue weighted by molar-refractivity contribution is 0.0987. The molecule has 3 nitrogen and oxygen atoms in total. The van der Waals surface area contributed by atoms with Gasteiger partial charge in [0.2, 0.25) is 5.95 Å². The predicted molar refractivity (Wildman–Crippen MR) is 63.3 cm³/mol. The molecular formula is C13H9F3N2O. The van der Waals surface area contributed by atoms with Crippen molar-refractivity contribution in [2.75, 3.05) is 11.9 Å². The van der Waals surface area contributed by atoms with Gasteiger partial charge in [-0.1, -0.05) is 6.07 Å². The zero-order chi connectivity index (χ0) is 14.0. The molecule has 1 aromatic heterocycles. The molecule has 2 aromatic rings. The highest BCUT2D eigenvalue weighted by Crippen LogP contribution is 2.18. The molecular weight excluding hydrogens is 257 g/mol. The summed E-state index contributed by atoms with van der Waals surface area (Å²) in [4.78, 5) is 16.1. The van der Waals surface area contributed by atoms with Gasteiger partial charge in [0.05, 0.1) is 5.56 Å². The first-order valence-corrected chi connectivity index (χ1v) is 5.34. The molecule has 2 rings (SSSR count). The first kappa shape index (κ1) is 13.1. The van der Waals surface area contributed by atoms with Crippen molar-refractivity contribution in [3.63, 3.8) is 0 Å². The van der Waals surface area contributed by atoms with Crippen LogP contribution in [0.5, 0.6) is 0 Å². The molecule has 0 fully saturated rings. The van der Waals surface area contributed by atoms with Crippen molar-refractivity contribution in [2.24, 2.45) is 0 Å². The quantitative estimate of drug-likeness (QED) is 0.783. The Labute approximate surface area is 107 Å². The zero-order valence-electron chi connectivity index (χ0n) is 9.90. The molecule has 1 amide bonds. The molecule has 0 bridgehead atoms. The van der Waals surface area contributed by atoms with Crippen LogP contribution >= 0.6 is 0 Å². The minimum absolute atomic E-state index is 0.238. The van der Waals surface area contributed by atoms with Gasteiger partial charge in [-0.3, -0.25) is 4.79 Å². The molecule has 0 saturated heterocycles. The van der Waals surface area contributed by atoms with Gasteiger partial charge >= 0.3 is 0 Å². The molecule has 98 valence electrons. The van der Waals surface area contributed by atoms with E-state index in [-0.39, 0.29) is 5.69 Å². The molecule has 6 heteroatoms. The molecule has 0 unspecified atom stereocenters. The highest BCUT2D eigenvalue weighted by molar-refractivity contribution is 6.05. The van der Waals surface area contributed by atoms with Crippen LogP contribution in [0.4, 0.5) is 18.9 Å². The Balaban J connectivity index is 2.36. The number of aromatic nitrogens is 1. The fourth-order valence-electron chi connectivity index (χ4n) is 1.57. The highest BCUT2D eigenvalue weighted by atomic mass is 19.2. The lowest BCUT2D eigenvalue weighted by Crippen LogP contribution is -2.27. The molecule has 0 saturated carbocycles. The number of carbonyl (C=O) groups is 1. The number of halogens is 3. The Morgan fingerprint density at radius 2 is 1.95 bits per heavy atom. The Kier molecular flexibility index (Phi) is 3.50. The van der Waals surface area contributed by atoms with Crippen molar-refractivity contribution in [3.05, 3.63) is 59.7 Å². The number of rotatable bonds is 2. The Hall–Kier alpha value is -2.37. The summed E-state index contributed by atoms with van der Waals surface area (Å²) in [6.45, 7) is 0. The number of pyridine rings is 1. The van der Waals surface area contributed by atoms with Crippen molar-refractivity contribution in [2.45, 2.75) is 0 Å². The van der Waals surface area contributed by atoms with Gasteiger partial charge in [-0.05, 0) is 24.3 Å². The molecule has 0 spiro atoms. The molecule has 19 heavy (non-hydrogen) atoms. The number of hydrogen-bond acceptors (Lipinski definition) is 2. The van der Waals surface area contributed by atoms with Crippen LogP contribution in [-0.4, -0.2) is 17.9 Å². The van der Waals surface area contributed by atoms with Crippen LogP contribution in [0.2, 0.25) is 0 Å². The highest BCUT2D eigenvalue weighted by Gasteiger charge is 2.20. The van der Waals surface area contributed by atoms with Crippen LogP contribution in [0.25, 0.3) is 0 Å². The lowest BCUT2D eigenvalue weighted by Gasteiger charge is -2.17. The summed E-state index contributed by atoms with van der Waals surface area (Å²) in [6.07, 6.45) is 0.991. The molecule has 0 atom stereocenters. The molecule has 0 radical (unpaired) electrons. The van der Waals surface area contributed by atoms with E-state index in [4.69, 9.17) is 0 Å². The van der Waals surface area contributed by atoms with E-state index in [1.165, 1.54) is 25.2 Å². The first-order chi connectivity index (χ1) is 9.00. The molecule has 1 heterocycles. The van der Waals surface area contributed by atoms with Gasteiger partial charge in [0.15, 0.2) is 5.82 Å². The summed E-state index contributed by atoms with van der Waals surface area (Å²) in [5.41, 5.74) is -0.221. The van der Waals surface area contributed by atoms with Gasteiger partial charge in [0.1, 0.15) is 5.82 Å². The van der Waals surface area contributed by atoms with Crippen LogP contribution in [0.3, 0.4) is 0 Å². The van der Waals surface area contributed by atoms with Crippen LogP contribution in [-0.2, 0) is 0 Å². The van der Waals surface area contributed by atoms with Gasteiger partial charge < -0.3 is 4.90 Å². The van der Waals surface area contributed by atoms with Gasteiger partial charge in [0.25, 0.3) is 5.91 Å². The Bertz CT molecular complexity index is 631. The van der Waals surface area contributed by atoms with Crippen LogP contribution in [0, 0.1) is 17.6 Å². The number of benzene rings is 1. The van der Waals surface area contributed by atoms with Gasteiger partial charge in [-0.25, -0.2) is 13.8 Å². The third-order valence-electron chi connectivity index (χ3n) is 2.58. The largest absolute Gasteiger partial charge is 0.311 e. The maximum atomic E-state index is 13.4. The standard InChI is InChI=1S/C13H9F3N2O/c1-18(9-4-2-3-8(14)7-9)13(19)10-5-6-17-12(16)11(10)15/h2-7H,1H3. The van der Waals surface area contributed by atoms with Crippen molar-refractivity contribution in [3.8, 4) is 0 Å². The van der Waals surface area contributed by atoms with Gasteiger partial charge in [0, 0.05) is 18.9 Å². The fraction of sp³-hybridized carbons (Fsp3) is 0.0769. The van der Waals surface area contributed by atoms with E-state index in [0.29, 0.717) is 0 Å².